The Balaban J connectivity index is 1.88. The largest absolute Gasteiger partial charge is 0.343 e. The summed E-state index contributed by atoms with van der Waals surface area (Å²) in [4.78, 5) is 35.9. The molecule has 132 valence electrons. The maximum atomic E-state index is 12.7. The van der Waals surface area contributed by atoms with Crippen molar-refractivity contribution in [1.82, 2.24) is 20.3 Å². The number of aromatic amines is 1. The van der Waals surface area contributed by atoms with Crippen LogP contribution in [0.3, 0.4) is 0 Å². The summed E-state index contributed by atoms with van der Waals surface area (Å²) in [6.45, 7) is 3.55. The van der Waals surface area contributed by atoms with E-state index in [0.29, 0.717) is 17.3 Å². The molecule has 1 saturated carbocycles. The quantitative estimate of drug-likeness (QED) is 0.896. The van der Waals surface area contributed by atoms with Crippen LogP contribution in [0.1, 0.15) is 65.6 Å². The van der Waals surface area contributed by atoms with Gasteiger partial charge in [-0.2, -0.15) is 0 Å². The average molecular weight is 340 g/mol. The normalized spacial score (nSPS) is 16.4. The van der Waals surface area contributed by atoms with E-state index in [1.165, 1.54) is 19.3 Å². The zero-order valence-electron chi connectivity index (χ0n) is 14.7. The van der Waals surface area contributed by atoms with Crippen LogP contribution in [0.4, 0.5) is 0 Å². The van der Waals surface area contributed by atoms with Crippen molar-refractivity contribution >= 4 is 5.91 Å². The predicted octanol–water partition coefficient (Wildman–Crippen LogP) is 2.83. The molecule has 2 N–H and O–H groups in total. The van der Waals surface area contributed by atoms with E-state index in [0.717, 1.165) is 18.4 Å². The summed E-state index contributed by atoms with van der Waals surface area (Å²) in [6, 6.07) is 3.70. The summed E-state index contributed by atoms with van der Waals surface area (Å²) in [6.07, 6.45) is 9.21. The highest BCUT2D eigenvalue weighted by atomic mass is 16.2. The summed E-state index contributed by atoms with van der Waals surface area (Å²) in [5.74, 6) is -0.0729. The molecule has 1 atom stereocenters. The molecule has 1 aliphatic rings. The van der Waals surface area contributed by atoms with Crippen LogP contribution in [0.5, 0.6) is 0 Å². The van der Waals surface area contributed by atoms with Gasteiger partial charge in [0, 0.05) is 18.1 Å². The minimum atomic E-state index is -0.450. The fourth-order valence-electron chi connectivity index (χ4n) is 3.49. The molecular weight excluding hydrogens is 316 g/mol. The van der Waals surface area contributed by atoms with Crippen LogP contribution in [0.15, 0.2) is 29.3 Å². The Bertz CT molecular complexity index is 795. The summed E-state index contributed by atoms with van der Waals surface area (Å²) in [5, 5.41) is 3.05. The number of hydrogen-bond acceptors (Lipinski definition) is 4. The Morgan fingerprint density at radius 2 is 2.04 bits per heavy atom. The molecule has 0 unspecified atom stereocenters. The van der Waals surface area contributed by atoms with Gasteiger partial charge in [-0.25, -0.2) is 4.98 Å². The van der Waals surface area contributed by atoms with Crippen LogP contribution in [-0.2, 0) is 0 Å². The van der Waals surface area contributed by atoms with Crippen LogP contribution in [0, 0.1) is 19.8 Å². The van der Waals surface area contributed by atoms with Gasteiger partial charge >= 0.3 is 0 Å². The fraction of sp³-hybridized carbons (Fsp3) is 0.474. The van der Waals surface area contributed by atoms with Crippen LogP contribution in [0.2, 0.25) is 0 Å². The third kappa shape index (κ3) is 3.95. The molecule has 1 amide bonds. The van der Waals surface area contributed by atoms with E-state index in [4.69, 9.17) is 0 Å². The first-order valence-electron chi connectivity index (χ1n) is 8.84. The smallest absolute Gasteiger partial charge is 0.279 e. The summed E-state index contributed by atoms with van der Waals surface area (Å²) in [5.41, 5.74) is 1.78. The van der Waals surface area contributed by atoms with Gasteiger partial charge in [0.05, 0.1) is 11.7 Å². The van der Waals surface area contributed by atoms with Crippen molar-refractivity contribution in [3.63, 3.8) is 0 Å². The molecule has 25 heavy (non-hydrogen) atoms. The van der Waals surface area contributed by atoms with Crippen molar-refractivity contribution in [2.75, 3.05) is 0 Å². The molecule has 0 saturated heterocycles. The van der Waals surface area contributed by atoms with E-state index in [2.05, 4.69) is 20.3 Å². The van der Waals surface area contributed by atoms with Crippen molar-refractivity contribution in [2.45, 2.75) is 52.0 Å². The van der Waals surface area contributed by atoms with Gasteiger partial charge in [0.2, 0.25) is 0 Å². The first-order chi connectivity index (χ1) is 12.1. The lowest BCUT2D eigenvalue weighted by atomic mass is 9.81. The Kier molecular flexibility index (Phi) is 5.26. The van der Waals surface area contributed by atoms with E-state index >= 15 is 0 Å². The highest BCUT2D eigenvalue weighted by Gasteiger charge is 2.28. The van der Waals surface area contributed by atoms with Crippen molar-refractivity contribution in [3.8, 4) is 0 Å². The topological polar surface area (TPSA) is 87.7 Å². The average Bonchev–Trinajstić information content (AvgIpc) is 2.64. The van der Waals surface area contributed by atoms with Crippen molar-refractivity contribution in [3.05, 3.63) is 57.5 Å². The van der Waals surface area contributed by atoms with Gasteiger partial charge in [-0.1, -0.05) is 25.3 Å². The molecule has 1 aliphatic carbocycles. The lowest BCUT2D eigenvalue weighted by Gasteiger charge is -2.31. The van der Waals surface area contributed by atoms with E-state index in [9.17, 15) is 9.59 Å². The summed E-state index contributed by atoms with van der Waals surface area (Å²) < 4.78 is 0. The molecule has 0 spiro atoms. The van der Waals surface area contributed by atoms with Crippen LogP contribution < -0.4 is 10.9 Å². The van der Waals surface area contributed by atoms with E-state index in [1.54, 1.807) is 26.2 Å². The highest BCUT2D eigenvalue weighted by molar-refractivity contribution is 5.92. The zero-order valence-corrected chi connectivity index (χ0v) is 14.7. The molecule has 2 aromatic heterocycles. The number of pyridine rings is 1. The van der Waals surface area contributed by atoms with Gasteiger partial charge < -0.3 is 10.3 Å². The van der Waals surface area contributed by atoms with Gasteiger partial charge in [-0.05, 0) is 44.2 Å². The van der Waals surface area contributed by atoms with Crippen LogP contribution >= 0.6 is 0 Å². The van der Waals surface area contributed by atoms with Crippen LogP contribution in [-0.4, -0.2) is 20.9 Å². The Morgan fingerprint density at radius 1 is 1.28 bits per heavy atom. The summed E-state index contributed by atoms with van der Waals surface area (Å²) in [7, 11) is 0. The molecule has 0 radical (unpaired) electrons. The van der Waals surface area contributed by atoms with E-state index < -0.39 is 11.5 Å². The Labute approximate surface area is 147 Å². The van der Waals surface area contributed by atoms with E-state index in [1.807, 2.05) is 12.1 Å². The van der Waals surface area contributed by atoms with Gasteiger partial charge in [0.1, 0.15) is 0 Å². The number of aryl methyl sites for hydroxylation is 2. The number of carbonyl (C=O) groups is 1. The minimum absolute atomic E-state index is 0.0761. The monoisotopic (exact) mass is 340 g/mol. The number of nitrogens with zero attached hydrogens (tertiary/aromatic N) is 2. The maximum Gasteiger partial charge on any atom is 0.279 e. The number of aromatic nitrogens is 3. The third-order valence-corrected chi connectivity index (χ3v) is 5.00. The van der Waals surface area contributed by atoms with Crippen molar-refractivity contribution < 1.29 is 4.79 Å². The van der Waals surface area contributed by atoms with Gasteiger partial charge in [0.25, 0.3) is 11.5 Å². The lowest BCUT2D eigenvalue weighted by Crippen LogP contribution is -2.38. The second kappa shape index (κ2) is 7.59. The fourth-order valence-corrected chi connectivity index (χ4v) is 3.49. The molecule has 1 fully saturated rings. The van der Waals surface area contributed by atoms with E-state index in [-0.39, 0.29) is 11.7 Å². The molecule has 0 aromatic carbocycles. The Morgan fingerprint density at radius 3 is 2.72 bits per heavy atom. The number of carbonyl (C=O) groups excluding carboxylic acids is 1. The first-order valence-corrected chi connectivity index (χ1v) is 8.84. The molecule has 0 aliphatic heterocycles. The highest BCUT2D eigenvalue weighted by Crippen LogP contribution is 2.34. The van der Waals surface area contributed by atoms with Gasteiger partial charge in [-0.15, -0.1) is 0 Å². The number of rotatable bonds is 4. The SMILES string of the molecule is Cc1nc(C(=O)N[C@H](c2cccnc2)C2CCCCC2)c(=O)[nH]c1C. The van der Waals surface area contributed by atoms with Crippen molar-refractivity contribution in [2.24, 2.45) is 5.92 Å². The second-order valence-electron chi connectivity index (χ2n) is 6.76. The number of amides is 1. The standard InChI is InChI=1S/C19H24N4O2/c1-12-13(2)22-18(24)17(21-12)19(25)23-16(14-7-4-3-5-8-14)15-9-6-10-20-11-15/h6,9-11,14,16H,3-5,7-8H2,1-2H3,(H,22,24)(H,23,25)/t16-/m0/s1. The molecule has 6 nitrogen and oxygen atoms in total. The summed E-state index contributed by atoms with van der Waals surface area (Å²) >= 11 is 0. The van der Waals surface area contributed by atoms with Crippen molar-refractivity contribution in [1.29, 1.82) is 0 Å². The molecule has 2 heterocycles. The third-order valence-electron chi connectivity index (χ3n) is 5.00. The molecule has 0 bridgehead atoms. The molecular formula is C19H24N4O2. The Hall–Kier alpha value is -2.50. The molecule has 6 heteroatoms. The van der Waals surface area contributed by atoms with Gasteiger partial charge in [-0.3, -0.25) is 14.6 Å². The first kappa shape index (κ1) is 17.3. The zero-order chi connectivity index (χ0) is 17.8. The lowest BCUT2D eigenvalue weighted by molar-refractivity contribution is 0.0905. The predicted molar refractivity (Wildman–Crippen MR) is 95.4 cm³/mol. The number of nitrogens with one attached hydrogen (secondary N) is 2. The molecule has 3 rings (SSSR count). The second-order valence-corrected chi connectivity index (χ2v) is 6.76. The number of H-pyrrole nitrogens is 1. The number of hydrogen-bond donors (Lipinski definition) is 2. The van der Waals surface area contributed by atoms with Gasteiger partial charge in [0.15, 0.2) is 5.69 Å². The van der Waals surface area contributed by atoms with Crippen LogP contribution in [0.25, 0.3) is 0 Å². The maximum absolute atomic E-state index is 12.7. The molecule has 2 aromatic rings. The minimum Gasteiger partial charge on any atom is -0.343 e.